The Balaban J connectivity index is 0.000000122. The molecule has 0 saturated carbocycles. The van der Waals surface area contributed by atoms with Gasteiger partial charge in [0.15, 0.2) is 5.58 Å². The van der Waals surface area contributed by atoms with E-state index in [1.165, 1.54) is 14.2 Å². The number of allylic oxidation sites excluding steroid dienone is 2. The first-order valence-electron chi connectivity index (χ1n) is 20.0. The van der Waals surface area contributed by atoms with Crippen LogP contribution >= 0.6 is 22.6 Å². The van der Waals surface area contributed by atoms with Gasteiger partial charge in [-0.2, -0.15) is 0 Å². The molecule has 11 aromatic rings. The lowest BCUT2D eigenvalue weighted by Gasteiger charge is -2.10. The average Bonchev–Trinajstić information content (AvgIpc) is 4.11. The Kier molecular flexibility index (Phi) is 10.6. The number of benzene rings is 7. The lowest BCUT2D eigenvalue weighted by Crippen LogP contribution is -2.30. The monoisotopic (exact) mass is 955 g/mol. The molecule has 1 aliphatic rings. The second-order valence-corrected chi connectivity index (χ2v) is 15.8. The molecule has 2 N–H and O–H groups in total. The van der Waals surface area contributed by atoms with Crippen LogP contribution in [-0.2, 0) is 9.47 Å². The lowest BCUT2D eigenvalue weighted by atomic mass is 9.77. The number of ether oxygens (including phenoxy) is 2. The van der Waals surface area contributed by atoms with Gasteiger partial charge in [0, 0.05) is 44.0 Å². The highest BCUT2D eigenvalue weighted by atomic mass is 127. The van der Waals surface area contributed by atoms with Crippen molar-refractivity contribution >= 4 is 136 Å². The Morgan fingerprint density at radius 1 is 0.562 bits per heavy atom. The second kappa shape index (κ2) is 16.7. The van der Waals surface area contributed by atoms with E-state index in [1.807, 2.05) is 127 Å². The third-order valence-corrected chi connectivity index (χ3v) is 12.2. The first-order valence-corrected chi connectivity index (χ1v) is 21.1. The Labute approximate surface area is 377 Å². The van der Waals surface area contributed by atoms with Crippen LogP contribution in [0.5, 0.6) is 0 Å². The van der Waals surface area contributed by atoms with E-state index in [0.29, 0.717) is 38.9 Å². The van der Waals surface area contributed by atoms with Crippen LogP contribution in [0.4, 0.5) is 0 Å². The van der Waals surface area contributed by atoms with Crippen molar-refractivity contribution in [3.05, 3.63) is 172 Å². The molecule has 4 heterocycles. The van der Waals surface area contributed by atoms with Crippen molar-refractivity contribution in [3.63, 3.8) is 0 Å². The van der Waals surface area contributed by atoms with E-state index < -0.39 is 13.1 Å². The lowest BCUT2D eigenvalue weighted by molar-refractivity contribution is 0.0591. The summed E-state index contributed by atoms with van der Waals surface area (Å²) in [6, 6.07) is 41.9. The molecular weight excluding hydrogens is 922 g/mol. The highest BCUT2D eigenvalue weighted by Gasteiger charge is 2.26. The maximum Gasteiger partial charge on any atom is 0.489 e. The molecule has 12 heteroatoms. The molecule has 0 unspecified atom stereocenters. The molecular formula is C52H33BIO10+. The van der Waals surface area contributed by atoms with Gasteiger partial charge >= 0.3 is 19.1 Å². The molecule has 0 aliphatic heterocycles. The quantitative estimate of drug-likeness (QED) is 0.0756. The highest BCUT2D eigenvalue weighted by Crippen LogP contribution is 2.43. The molecule has 1 aliphatic carbocycles. The summed E-state index contributed by atoms with van der Waals surface area (Å²) in [6.07, 6.45) is 8.57. The number of methoxy groups -OCH3 is 2. The van der Waals surface area contributed by atoms with E-state index in [0.717, 1.165) is 80.5 Å². The van der Waals surface area contributed by atoms with E-state index in [1.54, 1.807) is 24.3 Å². The molecule has 7 aromatic carbocycles. The summed E-state index contributed by atoms with van der Waals surface area (Å²) >= 11 is 2.11. The molecule has 0 atom stereocenters. The molecule has 310 valence electrons. The Hall–Kier alpha value is -7.48. The maximum absolute atomic E-state index is 12.7. The predicted octanol–water partition coefficient (Wildman–Crippen LogP) is 11.9. The molecule has 12 rings (SSSR count). The third-order valence-electron chi connectivity index (χ3n) is 11.2. The number of carbonyl (C=O) groups is 2. The summed E-state index contributed by atoms with van der Waals surface area (Å²) < 4.78 is 34.3. The van der Waals surface area contributed by atoms with Crippen molar-refractivity contribution < 1.29 is 46.8 Å². The van der Waals surface area contributed by atoms with Gasteiger partial charge in [-0.15, -0.1) is 0 Å². The minimum absolute atomic E-state index is 0.353. The van der Waals surface area contributed by atoms with Crippen LogP contribution in [0.3, 0.4) is 0 Å². The van der Waals surface area contributed by atoms with Gasteiger partial charge in [0.25, 0.3) is 0 Å². The molecule has 0 bridgehead atoms. The number of halogens is 1. The summed E-state index contributed by atoms with van der Waals surface area (Å²) in [5, 5.41) is 25.2. The van der Waals surface area contributed by atoms with Gasteiger partial charge in [0.05, 0.1) is 40.4 Å². The number of fused-ring (bicyclic) bond motifs is 12. The second-order valence-electron chi connectivity index (χ2n) is 14.7. The third kappa shape index (κ3) is 6.89. The zero-order chi connectivity index (χ0) is 44.1. The molecule has 10 nitrogen and oxygen atoms in total. The van der Waals surface area contributed by atoms with Gasteiger partial charge < -0.3 is 37.2 Å². The largest absolute Gasteiger partial charge is 0.489 e. The van der Waals surface area contributed by atoms with Crippen molar-refractivity contribution in [2.24, 2.45) is 0 Å². The first kappa shape index (κ1) is 40.6. The van der Waals surface area contributed by atoms with E-state index in [2.05, 4.69) is 28.7 Å². The fraction of sp³-hybridized carbons (Fsp3) is 0.0385. The standard InChI is InChI=1S/C26H16O4.C14H8IO3.C12H9BO3/c1-28-26(27)19-14-13-16-15-7-2-4-10-20(15)30-25(16)24(19)18-9-6-12-22-23(18)17-8-3-5-11-21(17)29-22;1-17-14(16)10-7-6-9-8-4-2-3-5-11(8)18-13(9)12(10)15;14-13(15)9-5-3-7-11-12(9)8-4-1-2-6-10(8)16-11/h2-14H,1H3;2,4-7H,1H3;1-7,14-15H/q;+1;. The number of esters is 2. The van der Waals surface area contributed by atoms with E-state index in [-0.39, 0.29) is 5.97 Å². The zero-order valence-corrected chi connectivity index (χ0v) is 36.2. The fourth-order valence-electron chi connectivity index (χ4n) is 8.30. The normalized spacial score (nSPS) is 11.7. The van der Waals surface area contributed by atoms with Gasteiger partial charge in [-0.3, -0.25) is 0 Å². The maximum atomic E-state index is 12.7. The Morgan fingerprint density at radius 2 is 1.12 bits per heavy atom. The summed E-state index contributed by atoms with van der Waals surface area (Å²) in [5.41, 5.74) is 9.22. The zero-order valence-electron chi connectivity index (χ0n) is 34.0. The van der Waals surface area contributed by atoms with Crippen LogP contribution < -0.4 is 5.46 Å². The minimum atomic E-state index is -1.48. The molecule has 0 saturated heterocycles. The van der Waals surface area contributed by atoms with Crippen LogP contribution in [0.25, 0.3) is 100 Å². The number of hydrogen-bond acceptors (Lipinski definition) is 10. The molecule has 64 heavy (non-hydrogen) atoms. The summed E-state index contributed by atoms with van der Waals surface area (Å²) in [6.45, 7) is 0. The average molecular weight is 956 g/mol. The van der Waals surface area contributed by atoms with Crippen molar-refractivity contribution in [2.75, 3.05) is 14.2 Å². The van der Waals surface area contributed by atoms with Crippen LogP contribution in [0.1, 0.15) is 32.0 Å². The van der Waals surface area contributed by atoms with Crippen molar-refractivity contribution in [3.8, 4) is 11.1 Å². The summed E-state index contributed by atoms with van der Waals surface area (Å²) in [5.74, 6) is 0.0120. The van der Waals surface area contributed by atoms with Gasteiger partial charge in [-0.1, -0.05) is 78.9 Å². The summed E-state index contributed by atoms with van der Waals surface area (Å²) in [7, 11) is 1.28. The first-order chi connectivity index (χ1) is 31.2. The number of para-hydroxylation sites is 3. The van der Waals surface area contributed by atoms with Crippen LogP contribution in [0, 0.1) is 9.65 Å². The smallest absolute Gasteiger partial charge is 0.465 e. The highest BCUT2D eigenvalue weighted by molar-refractivity contribution is 14.1. The Morgan fingerprint density at radius 3 is 1.81 bits per heavy atom. The van der Waals surface area contributed by atoms with E-state index in [9.17, 15) is 19.6 Å². The van der Waals surface area contributed by atoms with Gasteiger partial charge in [-0.05, 0) is 88.2 Å². The number of rotatable bonds is 4. The predicted molar refractivity (Wildman–Crippen MR) is 258 cm³/mol. The van der Waals surface area contributed by atoms with Crippen molar-refractivity contribution in [2.45, 2.75) is 0 Å². The van der Waals surface area contributed by atoms with Crippen LogP contribution in [0.15, 0.2) is 157 Å². The number of hydrogen-bond donors (Lipinski definition) is 2. The minimum Gasteiger partial charge on any atom is -0.465 e. The topological polar surface area (TPSA) is 146 Å². The van der Waals surface area contributed by atoms with Gasteiger partial charge in [0.2, 0.25) is 5.76 Å². The van der Waals surface area contributed by atoms with E-state index >= 15 is 0 Å². The van der Waals surface area contributed by atoms with E-state index in [4.69, 9.17) is 27.1 Å². The van der Waals surface area contributed by atoms with Crippen LogP contribution in [0.2, 0.25) is 0 Å². The molecule has 4 aromatic heterocycles. The van der Waals surface area contributed by atoms with Crippen molar-refractivity contribution in [1.29, 1.82) is 0 Å². The van der Waals surface area contributed by atoms with Gasteiger partial charge in [0.1, 0.15) is 51.2 Å². The number of furan rings is 4. The Bertz CT molecular complexity index is 3700. The molecule has 0 radical (unpaired) electrons. The van der Waals surface area contributed by atoms with Crippen LogP contribution in [-0.4, -0.2) is 43.3 Å². The fourth-order valence-corrected chi connectivity index (χ4v) is 9.10. The molecule has 0 amide bonds. The number of carbonyl (C=O) groups excluding carboxylic acids is 2. The van der Waals surface area contributed by atoms with Gasteiger partial charge in [-0.25, -0.2) is 9.59 Å². The molecule has 0 fully saturated rings. The molecule has 0 spiro atoms. The summed E-state index contributed by atoms with van der Waals surface area (Å²) in [4.78, 5) is 24.3. The SMILES string of the molecule is COC(=O)c1ccc2c(oc3ccccc32)c1-c1cccc2oc3ccccc3c12.COC(=O)c1ccc2c3c(oc2c1I)C=[C+]C=C3.OB(O)c1cccc2oc3ccccc3c12. The van der Waals surface area contributed by atoms with Crippen molar-refractivity contribution in [1.82, 2.24) is 0 Å².